The summed E-state index contributed by atoms with van der Waals surface area (Å²) in [4.78, 5) is 23.4. The summed E-state index contributed by atoms with van der Waals surface area (Å²) in [6, 6.07) is 10.0. The van der Waals surface area contributed by atoms with Crippen LogP contribution in [0.3, 0.4) is 0 Å². The first-order valence-electron chi connectivity index (χ1n) is 12.1. The highest BCUT2D eigenvalue weighted by Crippen LogP contribution is 2.33. The van der Waals surface area contributed by atoms with Gasteiger partial charge in [-0.3, -0.25) is 5.10 Å². The van der Waals surface area contributed by atoms with Crippen LogP contribution in [0.5, 0.6) is 0 Å². The Morgan fingerprint density at radius 1 is 1.14 bits per heavy atom. The van der Waals surface area contributed by atoms with Gasteiger partial charge in [0.1, 0.15) is 12.1 Å². The van der Waals surface area contributed by atoms with Crippen molar-refractivity contribution in [2.45, 2.75) is 47.2 Å². The van der Waals surface area contributed by atoms with Crippen LogP contribution in [-0.4, -0.2) is 51.2 Å². The van der Waals surface area contributed by atoms with E-state index < -0.39 is 0 Å². The number of nitrogens with zero attached hydrogens (tertiary/aromatic N) is 4. The Hall–Kier alpha value is -3.46. The molecule has 1 atom stereocenters. The first kappa shape index (κ1) is 24.7. The van der Waals surface area contributed by atoms with E-state index in [9.17, 15) is 4.79 Å². The van der Waals surface area contributed by atoms with Gasteiger partial charge in [-0.05, 0) is 48.9 Å². The Balaban J connectivity index is 1.37. The Labute approximate surface area is 207 Å². The van der Waals surface area contributed by atoms with Crippen LogP contribution >= 0.6 is 0 Å². The zero-order valence-corrected chi connectivity index (χ0v) is 21.3. The van der Waals surface area contributed by atoms with E-state index >= 15 is 0 Å². The number of hydrogen-bond acceptors (Lipinski definition) is 6. The lowest BCUT2D eigenvalue weighted by atomic mass is 9.80. The lowest BCUT2D eigenvalue weighted by molar-refractivity contribution is 0.196. The molecule has 0 saturated carbocycles. The number of rotatable bonds is 7. The second-order valence-corrected chi connectivity index (χ2v) is 10.3. The number of amides is 2. The van der Waals surface area contributed by atoms with Crippen LogP contribution in [0.25, 0.3) is 11.3 Å². The van der Waals surface area contributed by atoms with Crippen molar-refractivity contribution in [3.8, 4) is 11.3 Å². The van der Waals surface area contributed by atoms with Gasteiger partial charge in [-0.15, -0.1) is 0 Å². The molecule has 0 spiro atoms. The summed E-state index contributed by atoms with van der Waals surface area (Å²) >= 11 is 0. The fourth-order valence-electron chi connectivity index (χ4n) is 4.41. The minimum atomic E-state index is 0.0167. The normalized spacial score (nSPS) is 15.9. The monoisotopic (exact) mass is 476 g/mol. The fraction of sp³-hybridized carbons (Fsp3) is 0.462. The van der Waals surface area contributed by atoms with E-state index in [4.69, 9.17) is 0 Å². The molecule has 2 aromatic heterocycles. The molecule has 3 aromatic rings. The zero-order valence-electron chi connectivity index (χ0n) is 21.3. The topological polar surface area (TPSA) is 111 Å². The highest BCUT2D eigenvalue weighted by molar-refractivity contribution is 5.74. The summed E-state index contributed by atoms with van der Waals surface area (Å²) < 4.78 is 0. The van der Waals surface area contributed by atoms with Gasteiger partial charge in [-0.1, -0.05) is 32.9 Å². The number of urea groups is 1. The van der Waals surface area contributed by atoms with Crippen molar-refractivity contribution in [1.29, 1.82) is 0 Å². The van der Waals surface area contributed by atoms with E-state index in [-0.39, 0.29) is 11.4 Å². The quantitative estimate of drug-likeness (QED) is 0.406. The number of nitrogens with one attached hydrogen (secondary N) is 4. The predicted octanol–water partition coefficient (Wildman–Crippen LogP) is 4.22. The van der Waals surface area contributed by atoms with Gasteiger partial charge >= 0.3 is 6.03 Å². The molecule has 1 fully saturated rings. The van der Waals surface area contributed by atoms with E-state index in [1.165, 1.54) is 0 Å². The number of aromatic amines is 1. The summed E-state index contributed by atoms with van der Waals surface area (Å²) in [5.41, 5.74) is 5.22. The average molecular weight is 477 g/mol. The van der Waals surface area contributed by atoms with Gasteiger partial charge in [0.25, 0.3) is 0 Å². The van der Waals surface area contributed by atoms with E-state index in [1.54, 1.807) is 6.33 Å². The maximum atomic E-state index is 12.7. The second-order valence-electron chi connectivity index (χ2n) is 10.3. The molecule has 35 heavy (non-hydrogen) atoms. The number of carbonyl (C=O) groups is 1. The van der Waals surface area contributed by atoms with Gasteiger partial charge in [-0.2, -0.15) is 5.10 Å². The molecule has 2 amide bonds. The SMILES string of the molecule is CNCc1cc(Nc2cc(-c3ccc(CNC(=O)N4CCC(C(C)(C)C)C4)c(C)c3)ncn2)n[nH]1. The number of benzene rings is 1. The third-order valence-corrected chi connectivity index (χ3v) is 6.69. The predicted molar refractivity (Wildman–Crippen MR) is 138 cm³/mol. The lowest BCUT2D eigenvalue weighted by Crippen LogP contribution is -2.39. The van der Waals surface area contributed by atoms with Gasteiger partial charge in [0.05, 0.1) is 11.4 Å². The molecule has 1 aromatic carbocycles. The number of aromatic nitrogens is 4. The van der Waals surface area contributed by atoms with E-state index in [0.717, 1.165) is 47.6 Å². The van der Waals surface area contributed by atoms with Crippen LogP contribution in [0.2, 0.25) is 0 Å². The third kappa shape index (κ3) is 6.16. The number of likely N-dealkylation sites (tertiary alicyclic amines) is 1. The van der Waals surface area contributed by atoms with Crippen LogP contribution < -0.4 is 16.0 Å². The minimum absolute atomic E-state index is 0.0167. The molecular formula is C26H36N8O. The van der Waals surface area contributed by atoms with Crippen LogP contribution in [0.15, 0.2) is 36.7 Å². The third-order valence-electron chi connectivity index (χ3n) is 6.69. The van der Waals surface area contributed by atoms with Crippen molar-refractivity contribution in [1.82, 2.24) is 35.7 Å². The highest BCUT2D eigenvalue weighted by Gasteiger charge is 2.33. The van der Waals surface area contributed by atoms with Crippen LogP contribution in [0, 0.1) is 18.3 Å². The molecule has 3 heterocycles. The maximum Gasteiger partial charge on any atom is 0.317 e. The Morgan fingerprint density at radius 3 is 2.69 bits per heavy atom. The summed E-state index contributed by atoms with van der Waals surface area (Å²) in [6.07, 6.45) is 2.61. The summed E-state index contributed by atoms with van der Waals surface area (Å²) in [6.45, 7) is 11.7. The lowest BCUT2D eigenvalue weighted by Gasteiger charge is -2.27. The summed E-state index contributed by atoms with van der Waals surface area (Å²) in [7, 11) is 1.89. The van der Waals surface area contributed by atoms with Gasteiger partial charge in [0, 0.05) is 43.9 Å². The minimum Gasteiger partial charge on any atom is -0.334 e. The van der Waals surface area contributed by atoms with Crippen molar-refractivity contribution in [3.05, 3.63) is 53.5 Å². The molecule has 4 N–H and O–H groups in total. The number of hydrogen-bond donors (Lipinski definition) is 4. The molecule has 1 saturated heterocycles. The second kappa shape index (κ2) is 10.4. The molecule has 9 nitrogen and oxygen atoms in total. The molecule has 9 heteroatoms. The molecule has 0 radical (unpaired) electrons. The van der Waals surface area contributed by atoms with Crippen molar-refractivity contribution in [2.75, 3.05) is 25.5 Å². The van der Waals surface area contributed by atoms with E-state index in [1.807, 2.05) is 30.1 Å². The van der Waals surface area contributed by atoms with Crippen LogP contribution in [0.4, 0.5) is 16.4 Å². The summed E-state index contributed by atoms with van der Waals surface area (Å²) in [5.74, 6) is 1.92. The molecule has 4 rings (SSSR count). The first-order chi connectivity index (χ1) is 16.7. The maximum absolute atomic E-state index is 12.7. The van der Waals surface area contributed by atoms with E-state index in [0.29, 0.717) is 30.6 Å². The average Bonchev–Trinajstić information content (AvgIpc) is 3.49. The van der Waals surface area contributed by atoms with Crippen molar-refractivity contribution >= 4 is 17.7 Å². The number of anilines is 2. The van der Waals surface area contributed by atoms with Crippen molar-refractivity contribution in [2.24, 2.45) is 11.3 Å². The van der Waals surface area contributed by atoms with Crippen LogP contribution in [-0.2, 0) is 13.1 Å². The molecule has 0 aliphatic carbocycles. The van der Waals surface area contributed by atoms with Crippen molar-refractivity contribution < 1.29 is 4.79 Å². The number of carbonyl (C=O) groups excluding carboxylic acids is 1. The van der Waals surface area contributed by atoms with Gasteiger partial charge < -0.3 is 20.9 Å². The Bertz CT molecular complexity index is 1170. The van der Waals surface area contributed by atoms with E-state index in [2.05, 4.69) is 75.9 Å². The van der Waals surface area contributed by atoms with Gasteiger partial charge in [0.2, 0.25) is 0 Å². The molecule has 1 aliphatic rings. The molecule has 0 bridgehead atoms. The Kier molecular flexibility index (Phi) is 7.35. The summed E-state index contributed by atoms with van der Waals surface area (Å²) in [5, 5.41) is 16.6. The number of aryl methyl sites for hydroxylation is 1. The van der Waals surface area contributed by atoms with Crippen LogP contribution in [0.1, 0.15) is 44.0 Å². The molecule has 1 unspecified atom stereocenters. The van der Waals surface area contributed by atoms with Gasteiger partial charge in [-0.25, -0.2) is 14.8 Å². The number of H-pyrrole nitrogens is 1. The molecule has 1 aliphatic heterocycles. The largest absolute Gasteiger partial charge is 0.334 e. The van der Waals surface area contributed by atoms with Gasteiger partial charge in [0.15, 0.2) is 5.82 Å². The standard InChI is InChI=1S/C26H36N8O/c1-17-10-18(22-12-23(30-16-29-22)31-24-11-21(14-27-5)32-33-24)6-7-19(17)13-28-25(35)34-9-8-20(15-34)26(2,3)4/h6-7,10-12,16,20,27H,8-9,13-15H2,1-5H3,(H,28,35)(H2,29,30,31,32,33). The molecular weight excluding hydrogens is 440 g/mol. The zero-order chi connectivity index (χ0) is 25.0. The smallest absolute Gasteiger partial charge is 0.317 e. The fourth-order valence-corrected chi connectivity index (χ4v) is 4.41. The first-order valence-corrected chi connectivity index (χ1v) is 12.1. The van der Waals surface area contributed by atoms with Crippen molar-refractivity contribution in [3.63, 3.8) is 0 Å². The molecule has 186 valence electrons. The Morgan fingerprint density at radius 2 is 1.97 bits per heavy atom. The highest BCUT2D eigenvalue weighted by atomic mass is 16.2.